The summed E-state index contributed by atoms with van der Waals surface area (Å²) in [6, 6.07) is 17.3. The fraction of sp³-hybridized carbons (Fsp3) is 0.417. The molecule has 0 nitrogen and oxygen atoms in total. The van der Waals surface area contributed by atoms with Gasteiger partial charge in [-0.05, 0) is 45.5 Å². The van der Waals surface area contributed by atoms with Crippen molar-refractivity contribution in [1.82, 2.24) is 0 Å². The second-order valence-electron chi connectivity index (χ2n) is 7.14. The van der Waals surface area contributed by atoms with E-state index >= 15 is 0 Å². The van der Waals surface area contributed by atoms with Crippen molar-refractivity contribution in [3.8, 4) is 0 Å². The third-order valence-electron chi connectivity index (χ3n) is 5.26. The van der Waals surface area contributed by atoms with Gasteiger partial charge in [0.2, 0.25) is 0 Å². The molecule has 26 heavy (non-hydrogen) atoms. The van der Waals surface area contributed by atoms with E-state index in [2.05, 4.69) is 62.4 Å². The van der Waals surface area contributed by atoms with Gasteiger partial charge in [-0.3, -0.25) is 0 Å². The van der Waals surface area contributed by atoms with E-state index in [0.717, 1.165) is 38.5 Å². The zero-order chi connectivity index (χ0) is 18.5. The van der Waals surface area contributed by atoms with Crippen molar-refractivity contribution in [2.75, 3.05) is 0 Å². The molecule has 0 N–H and O–H groups in total. The molecule has 0 radical (unpaired) electrons. The zero-order valence-corrected chi connectivity index (χ0v) is 17.3. The van der Waals surface area contributed by atoms with Crippen molar-refractivity contribution in [2.45, 2.75) is 63.1 Å². The Bertz CT molecular complexity index is 740. The minimum absolute atomic E-state index is 0.0308. The molecule has 2 heteroatoms. The van der Waals surface area contributed by atoms with Crippen LogP contribution < -0.4 is 0 Å². The Morgan fingerprint density at radius 3 is 1.19 bits per heavy atom. The van der Waals surface area contributed by atoms with Gasteiger partial charge in [-0.1, -0.05) is 88.1 Å². The third kappa shape index (κ3) is 3.87. The maximum absolute atomic E-state index is 6.93. The molecule has 0 aliphatic carbocycles. The summed E-state index contributed by atoms with van der Waals surface area (Å²) < 4.78 is 0. The molecule has 3 aromatic rings. The largest absolute Gasteiger partial charge is 0.118 e. The lowest BCUT2D eigenvalue weighted by molar-refractivity contribution is 0.702. The van der Waals surface area contributed by atoms with Crippen LogP contribution in [-0.4, -0.2) is 0 Å². The Hall–Kier alpha value is -1.24. The van der Waals surface area contributed by atoms with Crippen LogP contribution >= 0.6 is 23.2 Å². The predicted octanol–water partition coefficient (Wildman–Crippen LogP) is 8.93. The Morgan fingerprint density at radius 1 is 0.615 bits per heavy atom. The van der Waals surface area contributed by atoms with Gasteiger partial charge in [-0.2, -0.15) is 0 Å². The molecule has 0 aromatic heterocycles. The monoisotopic (exact) mass is 386 g/mol. The lowest BCUT2D eigenvalue weighted by Crippen LogP contribution is -2.01. The predicted molar refractivity (Wildman–Crippen MR) is 118 cm³/mol. The average Bonchev–Trinajstić information content (AvgIpc) is 2.68. The van der Waals surface area contributed by atoms with Gasteiger partial charge in [0.05, 0.1) is 10.8 Å². The van der Waals surface area contributed by atoms with Gasteiger partial charge in [0.15, 0.2) is 0 Å². The Morgan fingerprint density at radius 2 is 0.923 bits per heavy atom. The molecule has 0 aliphatic heterocycles. The van der Waals surface area contributed by atoms with Gasteiger partial charge in [0.25, 0.3) is 0 Å². The Balaban J connectivity index is 2.28. The average molecular weight is 387 g/mol. The number of hydrogen-bond donors (Lipinski definition) is 0. The zero-order valence-electron chi connectivity index (χ0n) is 15.8. The summed E-state index contributed by atoms with van der Waals surface area (Å²) in [5.74, 6) is 0. The summed E-state index contributed by atoms with van der Waals surface area (Å²) in [5, 5.41) is 5.12. The van der Waals surface area contributed by atoms with Crippen molar-refractivity contribution in [3.63, 3.8) is 0 Å². The first-order valence-electron chi connectivity index (χ1n) is 9.90. The second-order valence-corrected chi connectivity index (χ2v) is 8.19. The van der Waals surface area contributed by atoms with Crippen LogP contribution in [0.2, 0.25) is 0 Å². The molecule has 0 bridgehead atoms. The highest BCUT2D eigenvalue weighted by molar-refractivity contribution is 6.26. The minimum atomic E-state index is 0.0308. The standard InChI is InChI=1S/C24H28Cl2/c1-3-5-15-21(25)23-17-11-7-9-13-19(17)24(22(26)16-6-4-2)20-14-10-8-12-18(20)23/h7-14,21-22H,3-6,15-16H2,1-2H3. The minimum Gasteiger partial charge on any atom is -0.118 e. The number of benzene rings is 3. The number of alkyl halides is 2. The first-order chi connectivity index (χ1) is 12.7. The highest BCUT2D eigenvalue weighted by atomic mass is 35.5. The summed E-state index contributed by atoms with van der Waals surface area (Å²) in [5.41, 5.74) is 2.55. The first kappa shape index (κ1) is 19.5. The highest BCUT2D eigenvalue weighted by Crippen LogP contribution is 2.44. The topological polar surface area (TPSA) is 0 Å². The van der Waals surface area contributed by atoms with Crippen LogP contribution in [0.25, 0.3) is 21.5 Å². The Labute approximate surface area is 167 Å². The van der Waals surface area contributed by atoms with Gasteiger partial charge < -0.3 is 0 Å². The van der Waals surface area contributed by atoms with E-state index in [1.165, 1.54) is 32.7 Å². The number of unbranched alkanes of at least 4 members (excludes halogenated alkanes) is 2. The van der Waals surface area contributed by atoms with E-state index in [4.69, 9.17) is 23.2 Å². The van der Waals surface area contributed by atoms with E-state index in [1.54, 1.807) is 0 Å². The van der Waals surface area contributed by atoms with Crippen LogP contribution in [0, 0.1) is 0 Å². The second kappa shape index (κ2) is 9.11. The van der Waals surface area contributed by atoms with Crippen molar-refractivity contribution < 1.29 is 0 Å². The van der Waals surface area contributed by atoms with Gasteiger partial charge in [-0.15, -0.1) is 23.2 Å². The number of fused-ring (bicyclic) bond motifs is 2. The first-order valence-corrected chi connectivity index (χ1v) is 10.8. The lowest BCUT2D eigenvalue weighted by atomic mass is 9.87. The van der Waals surface area contributed by atoms with Crippen LogP contribution in [-0.2, 0) is 0 Å². The molecule has 0 fully saturated rings. The number of rotatable bonds is 8. The van der Waals surface area contributed by atoms with Crippen molar-refractivity contribution in [1.29, 1.82) is 0 Å². The Kier molecular flexibility index (Phi) is 6.84. The number of halogens is 2. The summed E-state index contributed by atoms with van der Waals surface area (Å²) >= 11 is 13.9. The molecule has 3 aromatic carbocycles. The van der Waals surface area contributed by atoms with Crippen molar-refractivity contribution in [3.05, 3.63) is 59.7 Å². The molecular weight excluding hydrogens is 359 g/mol. The summed E-state index contributed by atoms with van der Waals surface area (Å²) in [4.78, 5) is 0. The maximum atomic E-state index is 6.93. The molecule has 2 atom stereocenters. The van der Waals surface area contributed by atoms with Crippen LogP contribution in [0.5, 0.6) is 0 Å². The fourth-order valence-corrected chi connectivity index (χ4v) is 4.70. The van der Waals surface area contributed by atoms with E-state index in [1.807, 2.05) is 0 Å². The summed E-state index contributed by atoms with van der Waals surface area (Å²) in [6.07, 6.45) is 6.63. The SMILES string of the molecule is CCCCC(Cl)c1c2ccccc2c(C(Cl)CCCC)c2ccccc12. The smallest absolute Gasteiger partial charge is 0.0597 e. The van der Waals surface area contributed by atoms with E-state index in [-0.39, 0.29) is 10.8 Å². The molecule has 0 spiro atoms. The van der Waals surface area contributed by atoms with E-state index in [9.17, 15) is 0 Å². The lowest BCUT2D eigenvalue weighted by Gasteiger charge is -2.22. The quantitative estimate of drug-likeness (QED) is 0.267. The normalized spacial score (nSPS) is 14.0. The summed E-state index contributed by atoms with van der Waals surface area (Å²) in [7, 11) is 0. The van der Waals surface area contributed by atoms with Crippen LogP contribution in [0.4, 0.5) is 0 Å². The summed E-state index contributed by atoms with van der Waals surface area (Å²) in [6.45, 7) is 4.43. The van der Waals surface area contributed by atoms with Crippen molar-refractivity contribution >= 4 is 44.7 Å². The molecule has 0 heterocycles. The van der Waals surface area contributed by atoms with Gasteiger partial charge in [0.1, 0.15) is 0 Å². The van der Waals surface area contributed by atoms with Gasteiger partial charge in [-0.25, -0.2) is 0 Å². The van der Waals surface area contributed by atoms with E-state index in [0.29, 0.717) is 0 Å². The molecular formula is C24H28Cl2. The maximum Gasteiger partial charge on any atom is 0.0597 e. The molecule has 0 amide bonds. The van der Waals surface area contributed by atoms with Crippen LogP contribution in [0.3, 0.4) is 0 Å². The van der Waals surface area contributed by atoms with Gasteiger partial charge in [0, 0.05) is 0 Å². The number of hydrogen-bond acceptors (Lipinski definition) is 0. The molecule has 0 saturated heterocycles. The molecule has 0 saturated carbocycles. The van der Waals surface area contributed by atoms with Crippen molar-refractivity contribution in [2.24, 2.45) is 0 Å². The van der Waals surface area contributed by atoms with Gasteiger partial charge >= 0.3 is 0 Å². The molecule has 3 rings (SSSR count). The van der Waals surface area contributed by atoms with Crippen LogP contribution in [0.15, 0.2) is 48.5 Å². The molecule has 0 aliphatic rings. The van der Waals surface area contributed by atoms with E-state index < -0.39 is 0 Å². The molecule has 2 unspecified atom stereocenters. The third-order valence-corrected chi connectivity index (χ3v) is 6.14. The highest BCUT2D eigenvalue weighted by Gasteiger charge is 2.21. The van der Waals surface area contributed by atoms with Crippen LogP contribution in [0.1, 0.15) is 74.3 Å². The molecule has 138 valence electrons. The fourth-order valence-electron chi connectivity index (χ4n) is 3.93.